The summed E-state index contributed by atoms with van der Waals surface area (Å²) in [6.45, 7) is 3.46. The predicted octanol–water partition coefficient (Wildman–Crippen LogP) is 2.79. The molecule has 1 aliphatic rings. The normalized spacial score (nSPS) is 26.3. The highest BCUT2D eigenvalue weighted by Gasteiger charge is 2.18. The number of hydrogen-bond donors (Lipinski definition) is 2. The molecule has 2 atom stereocenters. The summed E-state index contributed by atoms with van der Waals surface area (Å²) in [5.74, 6) is 0.828. The van der Waals surface area contributed by atoms with Crippen molar-refractivity contribution in [2.45, 2.75) is 25.8 Å². The monoisotopic (exact) mass is 204 g/mol. The van der Waals surface area contributed by atoms with E-state index in [9.17, 15) is 0 Å². The van der Waals surface area contributed by atoms with E-state index < -0.39 is 0 Å². The summed E-state index contributed by atoms with van der Waals surface area (Å²) in [5.41, 5.74) is 2.61. The maximum Gasteiger partial charge on any atom is 0.0340 e. The fourth-order valence-electron chi connectivity index (χ4n) is 2.19. The average molecular weight is 204 g/mol. The number of nitrogens with one attached hydrogen (secondary N) is 2. The molecule has 2 heteroatoms. The molecular formula is C13H20N2. The second-order valence-electron chi connectivity index (χ2n) is 4.52. The first kappa shape index (κ1) is 10.5. The van der Waals surface area contributed by atoms with Crippen LogP contribution in [0.4, 0.5) is 5.69 Å². The Morgan fingerprint density at radius 2 is 2.20 bits per heavy atom. The first-order valence-corrected chi connectivity index (χ1v) is 5.80. The van der Waals surface area contributed by atoms with E-state index >= 15 is 0 Å². The Bertz CT molecular complexity index is 314. The van der Waals surface area contributed by atoms with Crippen molar-refractivity contribution in [1.82, 2.24) is 5.32 Å². The first-order valence-electron chi connectivity index (χ1n) is 5.80. The van der Waals surface area contributed by atoms with Crippen LogP contribution in [0, 0.1) is 5.92 Å². The van der Waals surface area contributed by atoms with Gasteiger partial charge in [0, 0.05) is 18.8 Å². The molecule has 2 N–H and O–H groups in total. The summed E-state index contributed by atoms with van der Waals surface area (Å²) in [7, 11) is 1.97. The van der Waals surface area contributed by atoms with Crippen LogP contribution in [0.25, 0.3) is 0 Å². The summed E-state index contributed by atoms with van der Waals surface area (Å²) in [6, 6.07) is 9.24. The van der Waals surface area contributed by atoms with Crippen LogP contribution in [0.2, 0.25) is 0 Å². The van der Waals surface area contributed by atoms with Crippen LogP contribution in [-0.2, 0) is 0 Å². The fourth-order valence-corrected chi connectivity index (χ4v) is 2.19. The Morgan fingerprint density at radius 1 is 1.33 bits per heavy atom. The van der Waals surface area contributed by atoms with Crippen molar-refractivity contribution in [1.29, 1.82) is 0 Å². The molecule has 1 aliphatic heterocycles. The predicted molar refractivity (Wildman–Crippen MR) is 65.1 cm³/mol. The molecule has 1 aromatic carbocycles. The van der Waals surface area contributed by atoms with E-state index in [1.54, 1.807) is 0 Å². The molecule has 0 unspecified atom stereocenters. The van der Waals surface area contributed by atoms with Crippen LogP contribution in [0.5, 0.6) is 0 Å². The average Bonchev–Trinajstić information content (AvgIpc) is 2.30. The number of anilines is 1. The zero-order valence-corrected chi connectivity index (χ0v) is 9.59. The van der Waals surface area contributed by atoms with Crippen molar-refractivity contribution in [3.8, 4) is 0 Å². The Balaban J connectivity index is 2.08. The van der Waals surface area contributed by atoms with Gasteiger partial charge in [-0.25, -0.2) is 0 Å². The molecule has 0 aliphatic carbocycles. The van der Waals surface area contributed by atoms with Gasteiger partial charge in [-0.15, -0.1) is 0 Å². The SMILES string of the molecule is CNc1cccc([C@@H]2CC[C@@H](C)CN2)c1. The summed E-state index contributed by atoms with van der Waals surface area (Å²) in [5, 5.41) is 6.80. The highest BCUT2D eigenvalue weighted by atomic mass is 14.9. The minimum absolute atomic E-state index is 0.550. The standard InChI is InChI=1S/C13H20N2/c1-10-6-7-13(15-9-10)11-4-3-5-12(8-11)14-2/h3-5,8,10,13-15H,6-7,9H2,1-2H3/t10-,13+/m1/s1. The molecule has 2 nitrogen and oxygen atoms in total. The van der Waals surface area contributed by atoms with Gasteiger partial charge in [0.15, 0.2) is 0 Å². The molecule has 1 aromatic rings. The zero-order chi connectivity index (χ0) is 10.7. The number of benzene rings is 1. The molecule has 0 bridgehead atoms. The third-order valence-electron chi connectivity index (χ3n) is 3.24. The lowest BCUT2D eigenvalue weighted by molar-refractivity contribution is 0.333. The second-order valence-corrected chi connectivity index (χ2v) is 4.52. The van der Waals surface area contributed by atoms with Gasteiger partial charge in [-0.05, 0) is 43.0 Å². The Hall–Kier alpha value is -1.02. The fraction of sp³-hybridized carbons (Fsp3) is 0.538. The summed E-state index contributed by atoms with van der Waals surface area (Å²) in [6.07, 6.45) is 2.59. The molecule has 0 amide bonds. The molecule has 1 heterocycles. The molecule has 2 rings (SSSR count). The van der Waals surface area contributed by atoms with Gasteiger partial charge in [0.2, 0.25) is 0 Å². The lowest BCUT2D eigenvalue weighted by Crippen LogP contribution is -2.31. The highest BCUT2D eigenvalue weighted by Crippen LogP contribution is 2.26. The summed E-state index contributed by atoms with van der Waals surface area (Å²) >= 11 is 0. The molecule has 15 heavy (non-hydrogen) atoms. The lowest BCUT2D eigenvalue weighted by Gasteiger charge is -2.28. The maximum atomic E-state index is 3.61. The second kappa shape index (κ2) is 4.67. The summed E-state index contributed by atoms with van der Waals surface area (Å²) in [4.78, 5) is 0. The van der Waals surface area contributed by atoms with Crippen molar-refractivity contribution in [2.24, 2.45) is 5.92 Å². The van der Waals surface area contributed by atoms with Crippen molar-refractivity contribution in [2.75, 3.05) is 18.9 Å². The minimum Gasteiger partial charge on any atom is -0.388 e. The van der Waals surface area contributed by atoms with E-state index in [4.69, 9.17) is 0 Å². The van der Waals surface area contributed by atoms with Gasteiger partial charge in [0.05, 0.1) is 0 Å². The minimum atomic E-state index is 0.550. The quantitative estimate of drug-likeness (QED) is 0.774. The first-order chi connectivity index (χ1) is 7.29. The van der Waals surface area contributed by atoms with Gasteiger partial charge in [-0.3, -0.25) is 0 Å². The van der Waals surface area contributed by atoms with Crippen LogP contribution in [0.1, 0.15) is 31.4 Å². The van der Waals surface area contributed by atoms with Crippen LogP contribution >= 0.6 is 0 Å². The zero-order valence-electron chi connectivity index (χ0n) is 9.59. The van der Waals surface area contributed by atoms with E-state index in [-0.39, 0.29) is 0 Å². The Labute approximate surface area is 92.1 Å². The van der Waals surface area contributed by atoms with Crippen molar-refractivity contribution < 1.29 is 0 Å². The number of hydrogen-bond acceptors (Lipinski definition) is 2. The van der Waals surface area contributed by atoms with E-state index in [1.807, 2.05) is 7.05 Å². The molecule has 1 fully saturated rings. The third kappa shape index (κ3) is 2.51. The van der Waals surface area contributed by atoms with Gasteiger partial charge in [-0.1, -0.05) is 19.1 Å². The summed E-state index contributed by atoms with van der Waals surface area (Å²) < 4.78 is 0. The number of piperidine rings is 1. The molecule has 0 saturated carbocycles. The van der Waals surface area contributed by atoms with Crippen LogP contribution in [0.3, 0.4) is 0 Å². The highest BCUT2D eigenvalue weighted by molar-refractivity contribution is 5.45. The lowest BCUT2D eigenvalue weighted by atomic mass is 9.92. The van der Waals surface area contributed by atoms with Gasteiger partial charge in [0.1, 0.15) is 0 Å². The smallest absolute Gasteiger partial charge is 0.0340 e. The molecule has 82 valence electrons. The van der Waals surface area contributed by atoms with Gasteiger partial charge >= 0.3 is 0 Å². The third-order valence-corrected chi connectivity index (χ3v) is 3.24. The molecule has 0 aromatic heterocycles. The van der Waals surface area contributed by atoms with Gasteiger partial charge < -0.3 is 10.6 Å². The van der Waals surface area contributed by atoms with E-state index in [0.29, 0.717) is 6.04 Å². The molecule has 0 radical (unpaired) electrons. The van der Waals surface area contributed by atoms with E-state index in [2.05, 4.69) is 41.8 Å². The van der Waals surface area contributed by atoms with Crippen LogP contribution in [-0.4, -0.2) is 13.6 Å². The number of rotatable bonds is 2. The molecule has 0 spiro atoms. The van der Waals surface area contributed by atoms with Gasteiger partial charge in [-0.2, -0.15) is 0 Å². The van der Waals surface area contributed by atoms with Crippen molar-refractivity contribution >= 4 is 5.69 Å². The maximum absolute atomic E-state index is 3.61. The Kier molecular flexibility index (Phi) is 3.27. The van der Waals surface area contributed by atoms with Crippen molar-refractivity contribution in [3.05, 3.63) is 29.8 Å². The van der Waals surface area contributed by atoms with Crippen LogP contribution in [0.15, 0.2) is 24.3 Å². The van der Waals surface area contributed by atoms with Crippen molar-refractivity contribution in [3.63, 3.8) is 0 Å². The van der Waals surface area contributed by atoms with Gasteiger partial charge in [0.25, 0.3) is 0 Å². The Morgan fingerprint density at radius 3 is 2.87 bits per heavy atom. The molecular weight excluding hydrogens is 184 g/mol. The largest absolute Gasteiger partial charge is 0.388 e. The van der Waals surface area contributed by atoms with E-state index in [1.165, 1.54) is 24.1 Å². The van der Waals surface area contributed by atoms with Crippen LogP contribution < -0.4 is 10.6 Å². The topological polar surface area (TPSA) is 24.1 Å². The molecule has 1 saturated heterocycles. The van der Waals surface area contributed by atoms with E-state index in [0.717, 1.165) is 12.5 Å².